The lowest BCUT2D eigenvalue weighted by molar-refractivity contribution is -0.140. The van der Waals surface area contributed by atoms with Gasteiger partial charge in [0.1, 0.15) is 23.0 Å². The fraction of sp³-hybridized carbons (Fsp3) is 0.400. The predicted molar refractivity (Wildman–Crippen MR) is 129 cm³/mol. The lowest BCUT2D eigenvalue weighted by Crippen LogP contribution is -2.35. The lowest BCUT2D eigenvalue weighted by atomic mass is 9.93. The number of nitrogens with zero attached hydrogens (tertiary/aromatic N) is 2. The van der Waals surface area contributed by atoms with Crippen LogP contribution in [0.4, 0.5) is 0 Å². The van der Waals surface area contributed by atoms with Crippen molar-refractivity contribution in [3.8, 4) is 11.5 Å². The summed E-state index contributed by atoms with van der Waals surface area (Å²) >= 11 is 0. The van der Waals surface area contributed by atoms with E-state index in [9.17, 15) is 19.5 Å². The van der Waals surface area contributed by atoms with Crippen LogP contribution >= 0.6 is 0 Å². The third-order valence-corrected chi connectivity index (χ3v) is 6.12. The van der Waals surface area contributed by atoms with Crippen molar-refractivity contribution in [2.24, 2.45) is 0 Å². The molecule has 1 unspecified atom stereocenters. The molecule has 2 aromatic rings. The molecule has 0 bridgehead atoms. The van der Waals surface area contributed by atoms with E-state index in [1.54, 1.807) is 32.0 Å². The number of ketones is 1. The van der Waals surface area contributed by atoms with Crippen molar-refractivity contribution in [3.05, 3.63) is 51.9 Å². The van der Waals surface area contributed by atoms with Crippen LogP contribution in [0.5, 0.6) is 11.5 Å². The van der Waals surface area contributed by atoms with Crippen molar-refractivity contribution in [3.63, 3.8) is 0 Å². The molecule has 10 nitrogen and oxygen atoms in total. The number of nitrogens with one attached hydrogen (secondary N) is 1. The van der Waals surface area contributed by atoms with Gasteiger partial charge in [0.2, 0.25) is 0 Å². The Morgan fingerprint density at radius 2 is 1.83 bits per heavy atom. The fourth-order valence-corrected chi connectivity index (χ4v) is 4.34. The largest absolute Gasteiger partial charge is 0.507 e. The van der Waals surface area contributed by atoms with Gasteiger partial charge in [0, 0.05) is 29.9 Å². The third-order valence-electron chi connectivity index (χ3n) is 6.12. The van der Waals surface area contributed by atoms with Gasteiger partial charge in [0.15, 0.2) is 0 Å². The molecule has 0 aliphatic carbocycles. The van der Waals surface area contributed by atoms with Gasteiger partial charge in [-0.3, -0.25) is 9.59 Å². The van der Waals surface area contributed by atoms with Crippen LogP contribution in [0.2, 0.25) is 0 Å². The Kier molecular flexibility index (Phi) is 7.54. The normalized spacial score (nSPS) is 17.3. The highest BCUT2D eigenvalue weighted by Crippen LogP contribution is 2.44. The number of aromatic amines is 1. The molecule has 0 radical (unpaired) electrons. The average Bonchev–Trinajstić information content (AvgIpc) is 3.28. The Hall–Kier alpha value is -3.79. The predicted octanol–water partition coefficient (Wildman–Crippen LogP) is 2.42. The number of carbonyl (C=O) groups excluding carboxylic acids is 3. The molecule has 2 N–H and O–H groups in total. The monoisotopic (exact) mass is 485 g/mol. The smallest absolute Gasteiger partial charge is 0.354 e. The Morgan fingerprint density at radius 3 is 2.40 bits per heavy atom. The van der Waals surface area contributed by atoms with Crippen LogP contribution in [0, 0.1) is 13.8 Å². The maximum Gasteiger partial charge on any atom is 0.354 e. The summed E-state index contributed by atoms with van der Waals surface area (Å²) in [5, 5.41) is 11.5. The number of aliphatic hydroxyl groups is 1. The average molecular weight is 486 g/mol. The molecule has 0 spiro atoms. The van der Waals surface area contributed by atoms with Crippen LogP contribution in [-0.2, 0) is 14.3 Å². The standard InChI is InChI=1S/C25H31N3O7/c1-13-18(14(2)26-20(13)25(32)35-7)22(29)19-21(16-12-15(33-5)8-9-17(16)34-6)28(11-10-27(3)4)24(31)23(19)30/h8-9,12,21,26,29H,10-11H2,1-7H3. The van der Waals surface area contributed by atoms with Crippen LogP contribution < -0.4 is 9.47 Å². The van der Waals surface area contributed by atoms with E-state index in [2.05, 4.69) is 4.98 Å². The summed E-state index contributed by atoms with van der Waals surface area (Å²) < 4.78 is 15.7. The molecule has 1 fully saturated rings. The Morgan fingerprint density at radius 1 is 1.14 bits per heavy atom. The Balaban J connectivity index is 2.31. The molecule has 35 heavy (non-hydrogen) atoms. The molecule has 188 valence electrons. The number of likely N-dealkylation sites (N-methyl/N-ethyl adjacent to an activating group) is 1. The molecule has 1 aliphatic rings. The summed E-state index contributed by atoms with van der Waals surface area (Å²) in [5.74, 6) is -1.62. The van der Waals surface area contributed by atoms with Gasteiger partial charge in [-0.05, 0) is 51.7 Å². The minimum absolute atomic E-state index is 0.0954. The summed E-state index contributed by atoms with van der Waals surface area (Å²) in [6, 6.07) is 4.14. The summed E-state index contributed by atoms with van der Waals surface area (Å²) in [7, 11) is 7.97. The molecule has 1 aromatic carbocycles. The number of likely N-dealkylation sites (tertiary alicyclic amines) is 1. The second-order valence-electron chi connectivity index (χ2n) is 8.52. The minimum atomic E-state index is -0.935. The maximum absolute atomic E-state index is 13.3. The number of amides is 1. The molecule has 0 saturated carbocycles. The summed E-state index contributed by atoms with van der Waals surface area (Å²) in [6.45, 7) is 4.02. The molecule has 1 amide bonds. The topological polar surface area (TPSA) is 121 Å². The molecular formula is C25H31N3O7. The first-order chi connectivity index (χ1) is 16.6. The quantitative estimate of drug-likeness (QED) is 0.253. The van der Waals surface area contributed by atoms with Crippen LogP contribution in [0.3, 0.4) is 0 Å². The molecule has 2 heterocycles. The van der Waals surface area contributed by atoms with Gasteiger partial charge in [-0.2, -0.15) is 0 Å². The van der Waals surface area contributed by atoms with Gasteiger partial charge in [0.05, 0.1) is 32.9 Å². The SMILES string of the molecule is COC(=O)c1[nH]c(C)c(C(O)=C2C(=O)C(=O)N(CCN(C)C)C2c2cc(OC)ccc2OC)c1C. The molecule has 1 aliphatic heterocycles. The number of aliphatic hydroxyl groups excluding tert-OH is 1. The number of aromatic nitrogens is 1. The van der Waals surface area contributed by atoms with E-state index in [-0.39, 0.29) is 29.1 Å². The van der Waals surface area contributed by atoms with E-state index >= 15 is 0 Å². The van der Waals surface area contributed by atoms with E-state index in [0.29, 0.717) is 34.9 Å². The molecule has 1 atom stereocenters. The number of Topliss-reactive ketones (excluding diaryl/α,β-unsaturated/α-hetero) is 1. The third kappa shape index (κ3) is 4.61. The van der Waals surface area contributed by atoms with Crippen molar-refractivity contribution < 1.29 is 33.7 Å². The van der Waals surface area contributed by atoms with Crippen molar-refractivity contribution in [1.82, 2.24) is 14.8 Å². The molecule has 10 heteroatoms. The highest BCUT2D eigenvalue weighted by atomic mass is 16.5. The minimum Gasteiger partial charge on any atom is -0.507 e. The zero-order valence-corrected chi connectivity index (χ0v) is 21.0. The van der Waals surface area contributed by atoms with Gasteiger partial charge < -0.3 is 34.1 Å². The van der Waals surface area contributed by atoms with E-state index < -0.39 is 23.7 Å². The van der Waals surface area contributed by atoms with Crippen molar-refractivity contribution in [2.75, 3.05) is 48.5 Å². The second kappa shape index (κ2) is 10.2. The number of benzene rings is 1. The van der Waals surface area contributed by atoms with Crippen molar-refractivity contribution in [2.45, 2.75) is 19.9 Å². The van der Waals surface area contributed by atoms with E-state index in [1.807, 2.05) is 19.0 Å². The number of esters is 1. The molecular weight excluding hydrogens is 454 g/mol. The van der Waals surface area contributed by atoms with Crippen LogP contribution in [0.1, 0.15) is 38.9 Å². The van der Waals surface area contributed by atoms with Crippen LogP contribution in [0.15, 0.2) is 23.8 Å². The zero-order chi connectivity index (χ0) is 26.0. The number of methoxy groups -OCH3 is 3. The highest BCUT2D eigenvalue weighted by Gasteiger charge is 2.47. The summed E-state index contributed by atoms with van der Waals surface area (Å²) in [5.41, 5.74) is 1.68. The number of hydrogen-bond acceptors (Lipinski definition) is 8. The van der Waals surface area contributed by atoms with E-state index in [0.717, 1.165) is 0 Å². The van der Waals surface area contributed by atoms with Gasteiger partial charge in [0.25, 0.3) is 11.7 Å². The van der Waals surface area contributed by atoms with Crippen molar-refractivity contribution in [1.29, 1.82) is 0 Å². The number of hydrogen-bond donors (Lipinski definition) is 2. The summed E-state index contributed by atoms with van der Waals surface area (Å²) in [4.78, 5) is 44.9. The molecule has 1 aromatic heterocycles. The Labute approximate surface area is 204 Å². The first kappa shape index (κ1) is 25.8. The summed E-state index contributed by atoms with van der Waals surface area (Å²) in [6.07, 6.45) is 0. The van der Waals surface area contributed by atoms with Crippen molar-refractivity contribution >= 4 is 23.4 Å². The number of carbonyl (C=O) groups is 3. The highest BCUT2D eigenvalue weighted by molar-refractivity contribution is 6.46. The van der Waals surface area contributed by atoms with E-state index in [1.165, 1.54) is 26.2 Å². The van der Waals surface area contributed by atoms with Crippen LogP contribution in [0.25, 0.3) is 5.76 Å². The van der Waals surface area contributed by atoms with Crippen LogP contribution in [-0.4, -0.2) is 86.1 Å². The van der Waals surface area contributed by atoms with E-state index in [4.69, 9.17) is 14.2 Å². The fourth-order valence-electron chi connectivity index (χ4n) is 4.34. The zero-order valence-electron chi connectivity index (χ0n) is 21.0. The number of H-pyrrole nitrogens is 1. The lowest BCUT2D eigenvalue weighted by Gasteiger charge is -2.28. The number of rotatable bonds is 8. The van der Waals surface area contributed by atoms with Gasteiger partial charge in [-0.1, -0.05) is 0 Å². The number of aryl methyl sites for hydroxylation is 1. The van der Waals surface area contributed by atoms with Gasteiger partial charge in [-0.15, -0.1) is 0 Å². The van der Waals surface area contributed by atoms with Gasteiger partial charge >= 0.3 is 5.97 Å². The number of ether oxygens (including phenoxy) is 3. The first-order valence-electron chi connectivity index (χ1n) is 11.0. The second-order valence-corrected chi connectivity index (χ2v) is 8.52. The molecule has 3 rings (SSSR count). The molecule has 1 saturated heterocycles. The Bertz CT molecular complexity index is 1200. The van der Waals surface area contributed by atoms with Gasteiger partial charge in [-0.25, -0.2) is 4.79 Å². The maximum atomic E-state index is 13.3. The first-order valence-corrected chi connectivity index (χ1v) is 11.0.